The van der Waals surface area contributed by atoms with Crippen LogP contribution in [-0.2, 0) is 0 Å². The molecule has 2 aromatic rings. The van der Waals surface area contributed by atoms with Gasteiger partial charge in [-0.2, -0.15) is 0 Å². The quantitative estimate of drug-likeness (QED) is 0.744. The molecule has 0 radical (unpaired) electrons. The van der Waals surface area contributed by atoms with Gasteiger partial charge in [-0.1, -0.05) is 19.1 Å². The number of rotatable bonds is 3. The SMILES string of the molecule is CCN1c2cc(C)c(C=Nc3ccccc3O)cc2[C@H](C)CC1(C)C. The van der Waals surface area contributed by atoms with Crippen molar-refractivity contribution in [2.24, 2.45) is 4.99 Å². The standard InChI is InChI=1S/C22H28N2O/c1-6-24-20-11-15(2)17(12-18(20)16(3)13-22(24,4)5)14-23-19-9-7-8-10-21(19)25/h7-12,14,16,25H,6,13H2,1-5H3/t16-/m1/s1. The van der Waals surface area contributed by atoms with Crippen molar-refractivity contribution in [2.45, 2.75) is 52.5 Å². The molecule has 1 atom stereocenters. The summed E-state index contributed by atoms with van der Waals surface area (Å²) in [6, 6.07) is 11.7. The van der Waals surface area contributed by atoms with Gasteiger partial charge in [0.1, 0.15) is 11.4 Å². The fourth-order valence-electron chi connectivity index (χ4n) is 4.10. The third kappa shape index (κ3) is 3.28. The molecule has 2 aromatic carbocycles. The predicted molar refractivity (Wildman–Crippen MR) is 107 cm³/mol. The maximum absolute atomic E-state index is 9.90. The number of phenolic OH excluding ortho intramolecular Hbond substituents is 1. The van der Waals surface area contributed by atoms with E-state index in [0.29, 0.717) is 11.6 Å². The van der Waals surface area contributed by atoms with Crippen LogP contribution >= 0.6 is 0 Å². The van der Waals surface area contributed by atoms with Gasteiger partial charge in [-0.05, 0) is 81.0 Å². The van der Waals surface area contributed by atoms with Crippen LogP contribution in [-0.4, -0.2) is 23.4 Å². The molecule has 0 bridgehead atoms. The third-order valence-electron chi connectivity index (χ3n) is 5.31. The average molecular weight is 336 g/mol. The van der Waals surface area contributed by atoms with Gasteiger partial charge < -0.3 is 10.0 Å². The van der Waals surface area contributed by atoms with E-state index >= 15 is 0 Å². The van der Waals surface area contributed by atoms with E-state index in [1.807, 2.05) is 18.3 Å². The average Bonchev–Trinajstić information content (AvgIpc) is 2.54. The second-order valence-electron chi connectivity index (χ2n) is 7.68. The number of benzene rings is 2. The second-order valence-corrected chi connectivity index (χ2v) is 7.68. The van der Waals surface area contributed by atoms with Crippen molar-refractivity contribution in [1.29, 1.82) is 0 Å². The van der Waals surface area contributed by atoms with Gasteiger partial charge in [0.05, 0.1) is 0 Å². The maximum atomic E-state index is 9.90. The number of aliphatic imine (C=N–C) groups is 1. The molecule has 0 aromatic heterocycles. The lowest BCUT2D eigenvalue weighted by Gasteiger charge is -2.47. The highest BCUT2D eigenvalue weighted by atomic mass is 16.3. The minimum Gasteiger partial charge on any atom is -0.506 e. The smallest absolute Gasteiger partial charge is 0.141 e. The molecule has 0 aliphatic carbocycles. The largest absolute Gasteiger partial charge is 0.506 e. The van der Waals surface area contributed by atoms with Gasteiger partial charge in [-0.3, -0.25) is 4.99 Å². The van der Waals surface area contributed by atoms with Crippen LogP contribution in [0.25, 0.3) is 0 Å². The van der Waals surface area contributed by atoms with E-state index in [0.717, 1.165) is 18.5 Å². The molecule has 25 heavy (non-hydrogen) atoms. The number of aryl methyl sites for hydroxylation is 1. The number of phenols is 1. The Kier molecular flexibility index (Phi) is 4.59. The first-order chi connectivity index (χ1) is 11.8. The van der Waals surface area contributed by atoms with Crippen molar-refractivity contribution < 1.29 is 5.11 Å². The fourth-order valence-corrected chi connectivity index (χ4v) is 4.10. The lowest BCUT2D eigenvalue weighted by atomic mass is 9.79. The Balaban J connectivity index is 2.02. The third-order valence-corrected chi connectivity index (χ3v) is 5.31. The topological polar surface area (TPSA) is 35.8 Å². The second kappa shape index (κ2) is 6.55. The highest BCUT2D eigenvalue weighted by molar-refractivity contribution is 5.86. The van der Waals surface area contributed by atoms with Crippen LogP contribution in [0.15, 0.2) is 41.4 Å². The fraction of sp³-hybridized carbons (Fsp3) is 0.409. The zero-order chi connectivity index (χ0) is 18.2. The van der Waals surface area contributed by atoms with Crippen LogP contribution in [0.2, 0.25) is 0 Å². The highest BCUT2D eigenvalue weighted by Gasteiger charge is 2.35. The minimum absolute atomic E-state index is 0.180. The van der Waals surface area contributed by atoms with Crippen molar-refractivity contribution in [3.8, 4) is 5.75 Å². The summed E-state index contributed by atoms with van der Waals surface area (Å²) in [5, 5.41) is 9.90. The van der Waals surface area contributed by atoms with Crippen LogP contribution in [0, 0.1) is 6.92 Å². The first kappa shape index (κ1) is 17.5. The van der Waals surface area contributed by atoms with Crippen molar-refractivity contribution in [1.82, 2.24) is 0 Å². The molecule has 0 fully saturated rings. The van der Waals surface area contributed by atoms with Gasteiger partial charge in [0.2, 0.25) is 0 Å². The van der Waals surface area contributed by atoms with Gasteiger partial charge in [0.15, 0.2) is 0 Å². The molecule has 3 nitrogen and oxygen atoms in total. The molecule has 0 unspecified atom stereocenters. The first-order valence-corrected chi connectivity index (χ1v) is 9.07. The van der Waals surface area contributed by atoms with Crippen LogP contribution in [0.5, 0.6) is 5.75 Å². The Labute approximate surface area is 151 Å². The molecule has 0 spiro atoms. The minimum atomic E-state index is 0.180. The van der Waals surface area contributed by atoms with Crippen LogP contribution in [0.3, 0.4) is 0 Å². The van der Waals surface area contributed by atoms with Crippen LogP contribution in [0.1, 0.15) is 56.7 Å². The first-order valence-electron chi connectivity index (χ1n) is 9.07. The molecule has 1 aliphatic heterocycles. The summed E-state index contributed by atoms with van der Waals surface area (Å²) < 4.78 is 0. The Morgan fingerprint density at radius 3 is 2.68 bits per heavy atom. The van der Waals surface area contributed by atoms with E-state index in [4.69, 9.17) is 0 Å². The molecule has 3 heteroatoms. The molecule has 3 rings (SSSR count). The van der Waals surface area contributed by atoms with Gasteiger partial charge in [-0.25, -0.2) is 0 Å². The molecule has 1 heterocycles. The van der Waals surface area contributed by atoms with Gasteiger partial charge in [-0.15, -0.1) is 0 Å². The van der Waals surface area contributed by atoms with Crippen molar-refractivity contribution in [3.63, 3.8) is 0 Å². The molecule has 0 amide bonds. The monoisotopic (exact) mass is 336 g/mol. The number of hydrogen-bond acceptors (Lipinski definition) is 3. The Morgan fingerprint density at radius 1 is 1.28 bits per heavy atom. The lowest BCUT2D eigenvalue weighted by Crippen LogP contribution is -2.48. The number of hydrogen-bond donors (Lipinski definition) is 1. The Morgan fingerprint density at radius 2 is 2.00 bits per heavy atom. The lowest BCUT2D eigenvalue weighted by molar-refractivity contribution is 0.381. The van der Waals surface area contributed by atoms with Crippen molar-refractivity contribution in [2.75, 3.05) is 11.4 Å². The summed E-state index contributed by atoms with van der Waals surface area (Å²) >= 11 is 0. The van der Waals surface area contributed by atoms with Crippen LogP contribution in [0.4, 0.5) is 11.4 Å². The zero-order valence-corrected chi connectivity index (χ0v) is 15.9. The van der Waals surface area contributed by atoms with E-state index < -0.39 is 0 Å². The normalized spacial score (nSPS) is 19.2. The van der Waals surface area contributed by atoms with Crippen molar-refractivity contribution in [3.05, 3.63) is 53.1 Å². The number of para-hydroxylation sites is 2. The van der Waals surface area contributed by atoms with Gasteiger partial charge in [0, 0.05) is 24.0 Å². The van der Waals surface area contributed by atoms with Crippen molar-refractivity contribution >= 4 is 17.6 Å². The summed E-state index contributed by atoms with van der Waals surface area (Å²) in [4.78, 5) is 7.00. The number of anilines is 1. The zero-order valence-electron chi connectivity index (χ0n) is 15.9. The highest BCUT2D eigenvalue weighted by Crippen LogP contribution is 2.44. The van der Waals surface area contributed by atoms with E-state index in [-0.39, 0.29) is 11.3 Å². The maximum Gasteiger partial charge on any atom is 0.141 e. The molecular weight excluding hydrogens is 308 g/mol. The summed E-state index contributed by atoms with van der Waals surface area (Å²) in [6.07, 6.45) is 3.01. The molecule has 0 saturated carbocycles. The molecular formula is C22H28N2O. The Hall–Kier alpha value is -2.29. The number of nitrogens with zero attached hydrogens (tertiary/aromatic N) is 2. The van der Waals surface area contributed by atoms with E-state index in [9.17, 15) is 5.11 Å². The molecule has 0 saturated heterocycles. The summed E-state index contributed by atoms with van der Waals surface area (Å²) in [5.41, 5.74) is 5.85. The van der Waals surface area contributed by atoms with E-state index in [2.05, 4.69) is 56.6 Å². The van der Waals surface area contributed by atoms with E-state index in [1.54, 1.807) is 12.1 Å². The molecule has 1 N–H and O–H groups in total. The molecule has 1 aliphatic rings. The summed E-state index contributed by atoms with van der Waals surface area (Å²) in [6.45, 7) is 12.3. The predicted octanol–water partition coefficient (Wildman–Crippen LogP) is 5.56. The van der Waals surface area contributed by atoms with E-state index in [1.165, 1.54) is 16.8 Å². The summed E-state index contributed by atoms with van der Waals surface area (Å²) in [7, 11) is 0. The number of aromatic hydroxyl groups is 1. The van der Waals surface area contributed by atoms with Gasteiger partial charge >= 0.3 is 0 Å². The summed E-state index contributed by atoms with van der Waals surface area (Å²) in [5.74, 6) is 0.729. The molecule has 132 valence electrons. The van der Waals surface area contributed by atoms with Gasteiger partial charge in [0.25, 0.3) is 0 Å². The number of fused-ring (bicyclic) bond motifs is 1. The Bertz CT molecular complexity index is 808. The van der Waals surface area contributed by atoms with Crippen LogP contribution < -0.4 is 4.90 Å².